The normalized spacial score (nSPS) is 18.3. The first-order valence-corrected chi connectivity index (χ1v) is 14.5. The van der Waals surface area contributed by atoms with Crippen LogP contribution in [0.2, 0.25) is 0 Å². The molecule has 2 aliphatic rings. The number of methoxy groups -OCH3 is 2. The smallest absolute Gasteiger partial charge is 0.237 e. The highest BCUT2D eigenvalue weighted by atomic mass is 32.2. The van der Waals surface area contributed by atoms with Gasteiger partial charge in [-0.1, -0.05) is 13.3 Å². The zero-order valence-corrected chi connectivity index (χ0v) is 22.8. The predicted molar refractivity (Wildman–Crippen MR) is 147 cm³/mol. The Morgan fingerprint density at radius 2 is 1.73 bits per heavy atom. The zero-order valence-electron chi connectivity index (χ0n) is 22.0. The number of fused-ring (bicyclic) bond motifs is 1. The number of nitrogens with one attached hydrogen (secondary N) is 1. The van der Waals surface area contributed by atoms with Gasteiger partial charge in [-0.25, -0.2) is 8.42 Å². The molecule has 0 spiro atoms. The minimum atomic E-state index is -3.43. The Labute approximate surface area is 219 Å². The van der Waals surface area contributed by atoms with Gasteiger partial charge in [0.15, 0.2) is 11.5 Å². The third kappa shape index (κ3) is 6.07. The average molecular weight is 529 g/mol. The molecule has 1 saturated heterocycles. The number of hydrogen-bond donors (Lipinski definition) is 1. The minimum Gasteiger partial charge on any atom is -0.493 e. The van der Waals surface area contributed by atoms with Crippen LogP contribution in [0.1, 0.15) is 44.1 Å². The van der Waals surface area contributed by atoms with Crippen molar-refractivity contribution in [1.82, 2.24) is 4.90 Å². The lowest BCUT2D eigenvalue weighted by Crippen LogP contribution is -2.40. The minimum absolute atomic E-state index is 0.150. The van der Waals surface area contributed by atoms with Crippen LogP contribution < -0.4 is 19.1 Å². The van der Waals surface area contributed by atoms with Gasteiger partial charge < -0.3 is 19.7 Å². The Hall–Kier alpha value is -3.11. The van der Waals surface area contributed by atoms with E-state index in [4.69, 9.17) is 14.5 Å². The second-order valence-corrected chi connectivity index (χ2v) is 11.3. The van der Waals surface area contributed by atoms with Crippen LogP contribution in [-0.4, -0.2) is 71.6 Å². The summed E-state index contributed by atoms with van der Waals surface area (Å²) in [6.45, 7) is 5.11. The lowest BCUT2D eigenvalue weighted by Gasteiger charge is -2.30. The highest BCUT2D eigenvalue weighted by Crippen LogP contribution is 2.42. The first-order valence-electron chi connectivity index (χ1n) is 12.7. The molecule has 1 atom stereocenters. The van der Waals surface area contributed by atoms with Gasteiger partial charge in [0.25, 0.3) is 0 Å². The Balaban J connectivity index is 1.57. The van der Waals surface area contributed by atoms with E-state index in [9.17, 15) is 13.2 Å². The van der Waals surface area contributed by atoms with Gasteiger partial charge in [0.05, 0.1) is 31.9 Å². The van der Waals surface area contributed by atoms with Gasteiger partial charge in [0.1, 0.15) is 5.92 Å². The van der Waals surface area contributed by atoms with Crippen LogP contribution in [0.15, 0.2) is 41.4 Å². The molecule has 1 amide bonds. The van der Waals surface area contributed by atoms with Crippen LogP contribution in [0.25, 0.3) is 0 Å². The number of benzene rings is 2. The summed E-state index contributed by atoms with van der Waals surface area (Å²) >= 11 is 0. The van der Waals surface area contributed by atoms with Crippen LogP contribution >= 0.6 is 0 Å². The van der Waals surface area contributed by atoms with Gasteiger partial charge in [-0.3, -0.25) is 14.1 Å². The quantitative estimate of drug-likeness (QED) is 0.465. The van der Waals surface area contributed by atoms with Crippen LogP contribution in [0.3, 0.4) is 0 Å². The summed E-state index contributed by atoms with van der Waals surface area (Å²) in [6, 6.07) is 10.7. The Morgan fingerprint density at radius 3 is 2.32 bits per heavy atom. The molecule has 10 heteroatoms. The third-order valence-corrected chi connectivity index (χ3v) is 8.16. The molecule has 0 saturated carbocycles. The van der Waals surface area contributed by atoms with Crippen molar-refractivity contribution in [3.05, 3.63) is 42.0 Å². The summed E-state index contributed by atoms with van der Waals surface area (Å²) in [5.41, 5.74) is 3.45. The van der Waals surface area contributed by atoms with Gasteiger partial charge >= 0.3 is 0 Å². The van der Waals surface area contributed by atoms with Gasteiger partial charge in [0.2, 0.25) is 15.9 Å². The monoisotopic (exact) mass is 528 g/mol. The van der Waals surface area contributed by atoms with Crippen LogP contribution in [0.5, 0.6) is 11.5 Å². The van der Waals surface area contributed by atoms with E-state index in [-0.39, 0.29) is 5.91 Å². The molecule has 9 nitrogen and oxygen atoms in total. The van der Waals surface area contributed by atoms with E-state index in [1.807, 2.05) is 13.0 Å². The van der Waals surface area contributed by atoms with Crippen molar-refractivity contribution in [2.45, 2.75) is 38.5 Å². The number of anilines is 2. The fourth-order valence-corrected chi connectivity index (χ4v) is 5.95. The topological polar surface area (TPSA) is 101 Å². The number of aliphatic imine (C=N–C) groups is 1. The Kier molecular flexibility index (Phi) is 8.39. The maximum absolute atomic E-state index is 12.9. The summed E-state index contributed by atoms with van der Waals surface area (Å²) in [4.78, 5) is 20.0. The number of sulfonamides is 1. The van der Waals surface area contributed by atoms with Crippen molar-refractivity contribution in [2.24, 2.45) is 4.99 Å². The number of ether oxygens (including phenoxy) is 2. The molecule has 0 aliphatic carbocycles. The summed E-state index contributed by atoms with van der Waals surface area (Å²) < 4.78 is 37.4. The molecule has 2 aromatic carbocycles. The molecule has 200 valence electrons. The molecule has 0 radical (unpaired) electrons. The van der Waals surface area contributed by atoms with E-state index in [2.05, 4.69) is 10.2 Å². The molecule has 2 heterocycles. The largest absolute Gasteiger partial charge is 0.493 e. The van der Waals surface area contributed by atoms with Crippen LogP contribution in [0.4, 0.5) is 17.1 Å². The van der Waals surface area contributed by atoms with Crippen molar-refractivity contribution in [3.63, 3.8) is 0 Å². The fourth-order valence-electron chi connectivity index (χ4n) is 5.03. The molecule has 4 rings (SSSR count). The highest BCUT2D eigenvalue weighted by molar-refractivity contribution is 7.92. The molecular formula is C27H36N4O5S. The number of piperidine rings is 1. The summed E-state index contributed by atoms with van der Waals surface area (Å²) in [5, 5.41) is 2.92. The highest BCUT2D eigenvalue weighted by Gasteiger charge is 2.35. The van der Waals surface area contributed by atoms with Crippen molar-refractivity contribution in [2.75, 3.05) is 56.3 Å². The second kappa shape index (κ2) is 11.5. The van der Waals surface area contributed by atoms with Crippen molar-refractivity contribution < 1.29 is 22.7 Å². The molecule has 2 aromatic rings. The predicted octanol–water partition coefficient (Wildman–Crippen LogP) is 4.17. The second-order valence-electron chi connectivity index (χ2n) is 9.43. The van der Waals surface area contributed by atoms with Gasteiger partial charge in [-0.15, -0.1) is 0 Å². The maximum atomic E-state index is 12.9. The van der Waals surface area contributed by atoms with Gasteiger partial charge in [-0.05, 0) is 68.2 Å². The van der Waals surface area contributed by atoms with E-state index in [0.29, 0.717) is 53.8 Å². The number of amides is 1. The van der Waals surface area contributed by atoms with Crippen LogP contribution in [-0.2, 0) is 14.8 Å². The molecule has 0 bridgehead atoms. The van der Waals surface area contributed by atoms with E-state index < -0.39 is 15.9 Å². The number of likely N-dealkylation sites (tertiary alicyclic amines) is 1. The molecule has 1 N–H and O–H groups in total. The standard InChI is InChI=1S/C27H36N4O5S/c1-5-22(26-21-17-24(35-2)25(36-3)18-23(21)29-27(26)32)28-19-9-11-20(12-10-19)31(37(4,33)34)16-15-30-13-7-6-8-14-30/h9-12,17-18,26H,5-8,13-16H2,1-4H3,(H,29,32). The fraction of sp³-hybridized carbons (Fsp3) is 0.481. The number of rotatable bonds is 10. The van der Waals surface area contributed by atoms with Crippen molar-refractivity contribution in [3.8, 4) is 11.5 Å². The maximum Gasteiger partial charge on any atom is 0.237 e. The van der Waals surface area contributed by atoms with Crippen molar-refractivity contribution in [1.29, 1.82) is 0 Å². The first-order chi connectivity index (χ1) is 17.7. The molecule has 0 aromatic heterocycles. The number of nitrogens with zero attached hydrogens (tertiary/aromatic N) is 3. The third-order valence-electron chi connectivity index (χ3n) is 6.96. The zero-order chi connectivity index (χ0) is 26.6. The Morgan fingerprint density at radius 1 is 1.08 bits per heavy atom. The molecule has 37 heavy (non-hydrogen) atoms. The van der Waals surface area contributed by atoms with Gasteiger partial charge in [-0.2, -0.15) is 0 Å². The number of carbonyl (C=O) groups excluding carboxylic acids is 1. The number of carbonyl (C=O) groups is 1. The molecular weight excluding hydrogens is 492 g/mol. The summed E-state index contributed by atoms with van der Waals surface area (Å²) in [5.74, 6) is 0.400. The molecule has 2 aliphatic heterocycles. The molecule has 1 fully saturated rings. The lowest BCUT2D eigenvalue weighted by molar-refractivity contribution is -0.115. The summed E-state index contributed by atoms with van der Waals surface area (Å²) in [6.07, 6.45) is 5.37. The summed E-state index contributed by atoms with van der Waals surface area (Å²) in [7, 11) is -0.313. The SMILES string of the molecule is CCC(=Nc1ccc(N(CCN2CCCCC2)S(C)(=O)=O)cc1)C1C(=O)Nc2cc(OC)c(OC)cc21. The lowest BCUT2D eigenvalue weighted by atomic mass is 9.93. The number of hydrogen-bond acceptors (Lipinski definition) is 7. The van der Waals surface area contributed by atoms with E-state index in [1.54, 1.807) is 44.6 Å². The Bertz CT molecular complexity index is 1250. The van der Waals surface area contributed by atoms with Gasteiger partial charge in [0, 0.05) is 30.6 Å². The van der Waals surface area contributed by atoms with Crippen molar-refractivity contribution >= 4 is 38.7 Å². The average Bonchev–Trinajstić information content (AvgIpc) is 3.21. The first kappa shape index (κ1) is 26.9. The van der Waals surface area contributed by atoms with Crippen LogP contribution in [0, 0.1) is 0 Å². The van der Waals surface area contributed by atoms with E-state index in [1.165, 1.54) is 17.0 Å². The van der Waals surface area contributed by atoms with E-state index in [0.717, 1.165) is 31.5 Å². The van der Waals surface area contributed by atoms with E-state index >= 15 is 0 Å². The molecule has 1 unspecified atom stereocenters.